The van der Waals surface area contributed by atoms with Gasteiger partial charge in [-0.15, -0.1) is 0 Å². The number of amides is 4. The first kappa shape index (κ1) is 27.7. The number of rotatable bonds is 14. The standard InChI is InChI=1S/C22H30N6O6S/c1-35-7-6-16(22(33)34)27-19(30)11-26-21(32)17(28-20(31)14(23)9-18(24)29)8-12-10-25-15-5-3-2-4-13(12)15/h2-5,10,14,16-17,25H,6-9,11,23H2,1H3,(H2,24,29)(H,26,32)(H,27,30)(H,28,31)(H,33,34). The Morgan fingerprint density at radius 1 is 1.09 bits per heavy atom. The van der Waals surface area contributed by atoms with Crippen LogP contribution >= 0.6 is 11.8 Å². The highest BCUT2D eigenvalue weighted by molar-refractivity contribution is 7.98. The average molecular weight is 507 g/mol. The summed E-state index contributed by atoms with van der Waals surface area (Å²) in [6, 6.07) is 3.93. The van der Waals surface area contributed by atoms with Crippen molar-refractivity contribution in [3.05, 3.63) is 36.0 Å². The number of carbonyl (C=O) groups is 5. The molecule has 12 nitrogen and oxygen atoms in total. The fourth-order valence-electron chi connectivity index (χ4n) is 3.35. The molecule has 9 N–H and O–H groups in total. The number of hydrogen-bond donors (Lipinski definition) is 7. The van der Waals surface area contributed by atoms with Gasteiger partial charge < -0.3 is 37.5 Å². The number of hydrogen-bond acceptors (Lipinski definition) is 7. The normalized spacial score (nSPS) is 13.4. The van der Waals surface area contributed by atoms with Crippen LogP contribution in [0.2, 0.25) is 0 Å². The zero-order chi connectivity index (χ0) is 26.0. The highest BCUT2D eigenvalue weighted by Crippen LogP contribution is 2.19. The number of carboxylic acids is 1. The van der Waals surface area contributed by atoms with Crippen molar-refractivity contribution in [1.29, 1.82) is 0 Å². The van der Waals surface area contributed by atoms with E-state index in [4.69, 9.17) is 11.5 Å². The smallest absolute Gasteiger partial charge is 0.326 e. The second-order valence-electron chi connectivity index (χ2n) is 7.86. The Kier molecular flexibility index (Phi) is 10.5. The van der Waals surface area contributed by atoms with E-state index in [0.29, 0.717) is 5.75 Å². The van der Waals surface area contributed by atoms with Gasteiger partial charge in [-0.25, -0.2) is 4.79 Å². The first-order chi connectivity index (χ1) is 16.6. The maximum atomic E-state index is 12.9. The van der Waals surface area contributed by atoms with Crippen molar-refractivity contribution >= 4 is 52.3 Å². The predicted octanol–water partition coefficient (Wildman–Crippen LogP) is -1.16. The minimum atomic E-state index is -1.25. The Morgan fingerprint density at radius 3 is 2.46 bits per heavy atom. The second-order valence-corrected chi connectivity index (χ2v) is 8.84. The number of thioether (sulfide) groups is 1. The summed E-state index contributed by atoms with van der Waals surface area (Å²) in [5.74, 6) is -3.52. The minimum Gasteiger partial charge on any atom is -0.480 e. The number of nitrogens with one attached hydrogen (secondary N) is 4. The summed E-state index contributed by atoms with van der Waals surface area (Å²) in [6.45, 7) is -0.491. The summed E-state index contributed by atoms with van der Waals surface area (Å²) in [4.78, 5) is 63.1. The van der Waals surface area contributed by atoms with Crippen LogP contribution in [0.3, 0.4) is 0 Å². The van der Waals surface area contributed by atoms with Crippen LogP contribution in [0.25, 0.3) is 10.9 Å². The van der Waals surface area contributed by atoms with Gasteiger partial charge in [0.2, 0.25) is 23.6 Å². The summed E-state index contributed by atoms with van der Waals surface area (Å²) in [5, 5.41) is 17.4. The quantitative estimate of drug-likeness (QED) is 0.166. The van der Waals surface area contributed by atoms with E-state index in [0.717, 1.165) is 16.5 Å². The first-order valence-corrected chi connectivity index (χ1v) is 12.2. The predicted molar refractivity (Wildman–Crippen MR) is 131 cm³/mol. The molecule has 2 rings (SSSR count). The molecule has 0 saturated carbocycles. The molecule has 0 radical (unpaired) electrons. The third-order valence-electron chi connectivity index (χ3n) is 5.16. The maximum absolute atomic E-state index is 12.9. The number of aliphatic carboxylic acids is 1. The molecule has 190 valence electrons. The van der Waals surface area contributed by atoms with E-state index >= 15 is 0 Å². The van der Waals surface area contributed by atoms with E-state index in [-0.39, 0.29) is 12.8 Å². The number of primary amides is 1. The lowest BCUT2D eigenvalue weighted by molar-refractivity contribution is -0.141. The Hall–Kier alpha value is -3.58. The molecule has 1 heterocycles. The van der Waals surface area contributed by atoms with Gasteiger partial charge in [-0.3, -0.25) is 19.2 Å². The number of carbonyl (C=O) groups excluding carboxylic acids is 4. The lowest BCUT2D eigenvalue weighted by Crippen LogP contribution is -2.54. The molecule has 1 aromatic carbocycles. The van der Waals surface area contributed by atoms with Crippen LogP contribution in [0.4, 0.5) is 0 Å². The molecule has 2 aromatic rings. The SMILES string of the molecule is CSCCC(NC(=O)CNC(=O)C(Cc1c[nH]c2ccccc12)NC(=O)C(N)CC(N)=O)C(=O)O. The van der Waals surface area contributed by atoms with E-state index in [1.54, 1.807) is 6.20 Å². The molecule has 0 spiro atoms. The number of fused-ring (bicyclic) bond motifs is 1. The van der Waals surface area contributed by atoms with Crippen molar-refractivity contribution in [2.24, 2.45) is 11.5 Å². The lowest BCUT2D eigenvalue weighted by Gasteiger charge is -2.21. The molecular formula is C22H30N6O6S. The fourth-order valence-corrected chi connectivity index (χ4v) is 3.82. The lowest BCUT2D eigenvalue weighted by atomic mass is 10.0. The summed E-state index contributed by atoms with van der Waals surface area (Å²) >= 11 is 1.44. The van der Waals surface area contributed by atoms with Gasteiger partial charge in [0, 0.05) is 23.5 Å². The van der Waals surface area contributed by atoms with Crippen LogP contribution < -0.4 is 27.4 Å². The fraction of sp³-hybridized carbons (Fsp3) is 0.409. The summed E-state index contributed by atoms with van der Waals surface area (Å²) in [5.41, 5.74) is 12.4. The van der Waals surface area contributed by atoms with Crippen LogP contribution in [-0.4, -0.2) is 76.4 Å². The first-order valence-electron chi connectivity index (χ1n) is 10.8. The highest BCUT2D eigenvalue weighted by Gasteiger charge is 2.27. The van der Waals surface area contributed by atoms with Crippen molar-refractivity contribution in [3.8, 4) is 0 Å². The van der Waals surface area contributed by atoms with Gasteiger partial charge in [0.15, 0.2) is 0 Å². The van der Waals surface area contributed by atoms with Crippen LogP contribution in [0.15, 0.2) is 30.5 Å². The van der Waals surface area contributed by atoms with Gasteiger partial charge >= 0.3 is 5.97 Å². The number of benzene rings is 1. The molecule has 3 atom stereocenters. The number of carboxylic acid groups (broad SMARTS) is 1. The molecule has 35 heavy (non-hydrogen) atoms. The molecule has 0 bridgehead atoms. The number of H-pyrrole nitrogens is 1. The van der Waals surface area contributed by atoms with Crippen molar-refractivity contribution in [2.45, 2.75) is 37.4 Å². The molecule has 0 aliphatic rings. The van der Waals surface area contributed by atoms with Crippen molar-refractivity contribution < 1.29 is 29.1 Å². The Labute approximate surface area is 205 Å². The van der Waals surface area contributed by atoms with Crippen molar-refractivity contribution in [2.75, 3.05) is 18.6 Å². The maximum Gasteiger partial charge on any atom is 0.326 e. The Balaban J connectivity index is 2.10. The summed E-state index contributed by atoms with van der Waals surface area (Å²) < 4.78 is 0. The molecule has 13 heteroatoms. The van der Waals surface area contributed by atoms with Crippen LogP contribution in [0.5, 0.6) is 0 Å². The average Bonchev–Trinajstić information content (AvgIpc) is 3.21. The zero-order valence-electron chi connectivity index (χ0n) is 19.2. The van der Waals surface area contributed by atoms with Gasteiger partial charge in [-0.05, 0) is 30.1 Å². The minimum absolute atomic E-state index is 0.0674. The third kappa shape index (κ3) is 8.61. The zero-order valence-corrected chi connectivity index (χ0v) is 20.0. The topological polar surface area (TPSA) is 210 Å². The molecule has 0 saturated heterocycles. The van der Waals surface area contributed by atoms with E-state index in [2.05, 4.69) is 20.9 Å². The van der Waals surface area contributed by atoms with Crippen LogP contribution in [-0.2, 0) is 30.4 Å². The van der Waals surface area contributed by atoms with Crippen molar-refractivity contribution in [1.82, 2.24) is 20.9 Å². The van der Waals surface area contributed by atoms with Crippen molar-refractivity contribution in [3.63, 3.8) is 0 Å². The van der Waals surface area contributed by atoms with E-state index in [1.807, 2.05) is 30.5 Å². The molecule has 0 aliphatic heterocycles. The van der Waals surface area contributed by atoms with Gasteiger partial charge in [-0.1, -0.05) is 18.2 Å². The number of para-hydroxylation sites is 1. The third-order valence-corrected chi connectivity index (χ3v) is 5.80. The van der Waals surface area contributed by atoms with Gasteiger partial charge in [0.05, 0.1) is 19.0 Å². The van der Waals surface area contributed by atoms with E-state index < -0.39 is 60.7 Å². The van der Waals surface area contributed by atoms with Gasteiger partial charge in [0.25, 0.3) is 0 Å². The monoisotopic (exact) mass is 506 g/mol. The molecule has 0 fully saturated rings. The largest absolute Gasteiger partial charge is 0.480 e. The number of aromatic amines is 1. The van der Waals surface area contributed by atoms with E-state index in [1.165, 1.54) is 11.8 Å². The molecule has 4 amide bonds. The van der Waals surface area contributed by atoms with Gasteiger partial charge in [0.1, 0.15) is 12.1 Å². The molecule has 0 aliphatic carbocycles. The second kappa shape index (κ2) is 13.3. The van der Waals surface area contributed by atoms with Crippen LogP contribution in [0.1, 0.15) is 18.4 Å². The Bertz CT molecular complexity index is 1070. The summed E-state index contributed by atoms with van der Waals surface area (Å²) in [6.07, 6.45) is 3.42. The number of aromatic nitrogens is 1. The van der Waals surface area contributed by atoms with Gasteiger partial charge in [-0.2, -0.15) is 11.8 Å². The van der Waals surface area contributed by atoms with Crippen LogP contribution in [0, 0.1) is 0 Å². The number of nitrogens with two attached hydrogens (primary N) is 2. The summed E-state index contributed by atoms with van der Waals surface area (Å²) in [7, 11) is 0. The highest BCUT2D eigenvalue weighted by atomic mass is 32.2. The Morgan fingerprint density at radius 2 is 1.80 bits per heavy atom. The molecular weight excluding hydrogens is 476 g/mol. The van der Waals surface area contributed by atoms with E-state index in [9.17, 15) is 29.1 Å². The molecule has 3 unspecified atom stereocenters. The molecule has 1 aromatic heterocycles.